The largest absolute Gasteiger partial charge is 0.395 e. The highest BCUT2D eigenvalue weighted by Gasteiger charge is 2.30. The predicted octanol–water partition coefficient (Wildman–Crippen LogP) is 4.43. The van der Waals surface area contributed by atoms with Crippen LogP contribution in [0.25, 0.3) is 0 Å². The molecule has 0 saturated carbocycles. The van der Waals surface area contributed by atoms with Gasteiger partial charge in [0, 0.05) is 19.8 Å². The second-order valence-electron chi connectivity index (χ2n) is 5.78. The van der Waals surface area contributed by atoms with Gasteiger partial charge in [-0.15, -0.1) is 0 Å². The predicted molar refractivity (Wildman–Crippen MR) is 92.2 cm³/mol. The monoisotopic (exact) mass is 414 g/mol. The first-order valence-electron chi connectivity index (χ1n) is 8.51. The van der Waals surface area contributed by atoms with Gasteiger partial charge in [-0.3, -0.25) is 0 Å². The molecule has 5 nitrogen and oxygen atoms in total. The van der Waals surface area contributed by atoms with Crippen LogP contribution in [0.3, 0.4) is 0 Å². The van der Waals surface area contributed by atoms with Crippen LogP contribution in [0.2, 0.25) is 12.6 Å². The molecule has 2 amide bonds. The van der Waals surface area contributed by atoms with Gasteiger partial charge >= 0.3 is 14.6 Å². The van der Waals surface area contributed by atoms with Crippen LogP contribution >= 0.6 is 0 Å². The van der Waals surface area contributed by atoms with Crippen LogP contribution < -0.4 is 10.6 Å². The van der Waals surface area contributed by atoms with E-state index in [4.69, 9.17) is 8.85 Å². The van der Waals surface area contributed by atoms with Gasteiger partial charge in [0.05, 0.1) is 0 Å². The molecule has 0 unspecified atom stereocenters. The first kappa shape index (κ1) is 23.3. The van der Waals surface area contributed by atoms with Crippen LogP contribution in [0.1, 0.15) is 26.7 Å². The number of carbonyl (C=O) groups is 1. The topological polar surface area (TPSA) is 59.6 Å². The summed E-state index contributed by atoms with van der Waals surface area (Å²) < 4.78 is 77.5. The first-order valence-corrected chi connectivity index (χ1v) is 11.0. The highest BCUT2D eigenvalue weighted by Crippen LogP contribution is 2.27. The molecule has 0 atom stereocenters. The third kappa shape index (κ3) is 6.43. The van der Waals surface area contributed by atoms with E-state index in [0.29, 0.717) is 32.1 Å². The number of benzene rings is 1. The Morgan fingerprint density at radius 1 is 0.889 bits per heavy atom. The summed E-state index contributed by atoms with van der Waals surface area (Å²) in [6, 6.07) is -0.386. The van der Waals surface area contributed by atoms with Crippen molar-refractivity contribution >= 4 is 20.3 Å². The summed E-state index contributed by atoms with van der Waals surface area (Å²) in [5, 5.41) is 3.95. The van der Waals surface area contributed by atoms with Gasteiger partial charge in [-0.2, -0.15) is 0 Å². The maximum Gasteiger partial charge on any atom is 0.334 e. The van der Waals surface area contributed by atoms with Gasteiger partial charge in [0.1, 0.15) is 5.69 Å². The maximum absolute atomic E-state index is 13.5. The molecule has 1 aromatic carbocycles. The molecule has 27 heavy (non-hydrogen) atoms. The molecule has 0 aliphatic carbocycles. The van der Waals surface area contributed by atoms with Crippen LogP contribution in [-0.2, 0) is 8.85 Å². The highest BCUT2D eigenvalue weighted by molar-refractivity contribution is 6.66. The van der Waals surface area contributed by atoms with E-state index in [1.165, 1.54) is 0 Å². The number of unbranched alkanes of at least 4 members (excludes halogenated alkanes) is 1. The molecule has 0 saturated heterocycles. The van der Waals surface area contributed by atoms with Crippen molar-refractivity contribution in [1.29, 1.82) is 0 Å². The van der Waals surface area contributed by atoms with Crippen molar-refractivity contribution in [2.24, 2.45) is 0 Å². The maximum atomic E-state index is 13.5. The van der Waals surface area contributed by atoms with Crippen LogP contribution in [0, 0.1) is 29.1 Å². The lowest BCUT2D eigenvalue weighted by molar-refractivity contribution is 0.188. The molecule has 2 N–H and O–H groups in total. The fourth-order valence-corrected chi connectivity index (χ4v) is 4.93. The van der Waals surface area contributed by atoms with Crippen molar-refractivity contribution in [3.8, 4) is 0 Å². The Labute approximate surface area is 155 Å². The Hall–Kier alpha value is -1.72. The first-order chi connectivity index (χ1) is 12.7. The molecule has 154 valence electrons. The van der Waals surface area contributed by atoms with Gasteiger partial charge in [-0.1, -0.05) is 0 Å². The average molecular weight is 414 g/mol. The normalized spacial score (nSPS) is 11.6. The Morgan fingerprint density at radius 3 is 1.85 bits per heavy atom. The van der Waals surface area contributed by atoms with Gasteiger partial charge in [-0.05, 0) is 39.3 Å². The van der Waals surface area contributed by atoms with Gasteiger partial charge in [0.2, 0.25) is 5.82 Å². The number of anilines is 1. The minimum atomic E-state index is -2.29. The van der Waals surface area contributed by atoms with Crippen molar-refractivity contribution in [2.75, 3.05) is 25.1 Å². The summed E-state index contributed by atoms with van der Waals surface area (Å²) >= 11 is 0. The van der Waals surface area contributed by atoms with Gasteiger partial charge < -0.3 is 19.5 Å². The number of halogens is 5. The Balaban J connectivity index is 2.51. The number of urea groups is 1. The average Bonchev–Trinajstić information content (AvgIpc) is 2.62. The second-order valence-corrected chi connectivity index (χ2v) is 9.13. The number of rotatable bonds is 10. The van der Waals surface area contributed by atoms with Crippen LogP contribution in [-0.4, -0.2) is 34.4 Å². The smallest absolute Gasteiger partial charge is 0.334 e. The summed E-state index contributed by atoms with van der Waals surface area (Å²) in [4.78, 5) is 11.7. The molecule has 0 aromatic heterocycles. The molecular weight excluding hydrogens is 391 g/mol. The van der Waals surface area contributed by atoms with Crippen molar-refractivity contribution in [2.45, 2.75) is 39.3 Å². The Bertz CT molecular complexity index is 628. The van der Waals surface area contributed by atoms with Gasteiger partial charge in [-0.25, -0.2) is 26.7 Å². The van der Waals surface area contributed by atoms with E-state index in [9.17, 15) is 26.7 Å². The zero-order valence-corrected chi connectivity index (χ0v) is 16.4. The lowest BCUT2D eigenvalue weighted by atomic mass is 10.2. The summed E-state index contributed by atoms with van der Waals surface area (Å²) in [5.74, 6) is -10.7. The molecule has 11 heteroatoms. The third-order valence-electron chi connectivity index (χ3n) is 3.69. The highest BCUT2D eigenvalue weighted by atomic mass is 28.4. The number of hydrogen-bond donors (Lipinski definition) is 2. The summed E-state index contributed by atoms with van der Waals surface area (Å²) in [7, 11) is -2.27. The Morgan fingerprint density at radius 2 is 1.37 bits per heavy atom. The number of carbonyl (C=O) groups excluding carboxylic acids is 1. The number of nitrogens with one attached hydrogen (secondary N) is 2. The Kier molecular flexibility index (Phi) is 9.13. The fraction of sp³-hybridized carbons (Fsp3) is 0.562. The molecule has 0 aliphatic heterocycles. The molecule has 0 radical (unpaired) electrons. The summed E-state index contributed by atoms with van der Waals surface area (Å²) in [6.45, 7) is 6.88. The van der Waals surface area contributed by atoms with E-state index in [1.54, 1.807) is 5.32 Å². The van der Waals surface area contributed by atoms with Crippen molar-refractivity contribution < 1.29 is 35.6 Å². The third-order valence-corrected chi connectivity index (χ3v) is 6.75. The molecule has 0 aliphatic rings. The molecule has 1 aromatic rings. The minimum Gasteiger partial charge on any atom is -0.395 e. The molecule has 0 spiro atoms. The standard InChI is InChI=1S/C16H23F5N2O3Si/c1-4-25-27(3,26-5-2)9-7-6-8-22-16(24)23-15-13(20)11(18)10(17)12(19)14(15)21/h4-9H2,1-3H3,(H2,22,23,24). The van der Waals surface area contributed by atoms with Gasteiger partial charge in [0.25, 0.3) is 0 Å². The minimum absolute atomic E-state index is 0.143. The van der Waals surface area contributed by atoms with E-state index in [2.05, 4.69) is 5.32 Å². The molecule has 1 rings (SSSR count). The zero-order valence-electron chi connectivity index (χ0n) is 15.4. The van der Waals surface area contributed by atoms with Crippen LogP contribution in [0.5, 0.6) is 0 Å². The summed E-state index contributed by atoms with van der Waals surface area (Å²) in [5.41, 5.74) is -1.39. The fourth-order valence-electron chi connectivity index (χ4n) is 2.44. The van der Waals surface area contributed by atoms with E-state index in [1.807, 2.05) is 20.4 Å². The quantitative estimate of drug-likeness (QED) is 0.196. The van der Waals surface area contributed by atoms with Crippen molar-refractivity contribution in [3.63, 3.8) is 0 Å². The van der Waals surface area contributed by atoms with Crippen LogP contribution in [0.4, 0.5) is 32.4 Å². The number of amides is 2. The number of hydrogen-bond acceptors (Lipinski definition) is 3. The van der Waals surface area contributed by atoms with Crippen molar-refractivity contribution in [3.05, 3.63) is 29.1 Å². The van der Waals surface area contributed by atoms with E-state index < -0.39 is 49.4 Å². The molecule has 0 bridgehead atoms. The molecular formula is C16H23F5N2O3Si. The molecule has 0 fully saturated rings. The second kappa shape index (κ2) is 10.6. The lowest BCUT2D eigenvalue weighted by Gasteiger charge is -2.25. The van der Waals surface area contributed by atoms with E-state index in [-0.39, 0.29) is 6.54 Å². The molecule has 0 heterocycles. The van der Waals surface area contributed by atoms with Crippen molar-refractivity contribution in [1.82, 2.24) is 5.32 Å². The zero-order chi connectivity index (χ0) is 20.6. The van der Waals surface area contributed by atoms with Gasteiger partial charge in [0.15, 0.2) is 23.3 Å². The van der Waals surface area contributed by atoms with E-state index in [0.717, 1.165) is 0 Å². The summed E-state index contributed by atoms with van der Waals surface area (Å²) in [6.07, 6.45) is 1.19. The lowest BCUT2D eigenvalue weighted by Crippen LogP contribution is -2.38. The SMILES string of the molecule is CCO[Si](C)(CCCCNC(=O)Nc1c(F)c(F)c(F)c(F)c1F)OCC. The van der Waals surface area contributed by atoms with E-state index >= 15 is 0 Å². The van der Waals surface area contributed by atoms with Crippen LogP contribution in [0.15, 0.2) is 0 Å².